The molecule has 182 valence electrons. The highest BCUT2D eigenvalue weighted by atomic mass is 79.9. The van der Waals surface area contributed by atoms with Crippen LogP contribution in [0.1, 0.15) is 134 Å². The molecule has 0 aliphatic carbocycles. The third kappa shape index (κ3) is 11.2. The van der Waals surface area contributed by atoms with Gasteiger partial charge in [-0.15, -0.1) is 0 Å². The van der Waals surface area contributed by atoms with Crippen LogP contribution in [-0.2, 0) is 6.54 Å². The van der Waals surface area contributed by atoms with Crippen LogP contribution < -0.4 is 17.0 Å². The van der Waals surface area contributed by atoms with E-state index < -0.39 is 0 Å². The summed E-state index contributed by atoms with van der Waals surface area (Å²) in [6.45, 7) is 16.8. The van der Waals surface area contributed by atoms with Gasteiger partial charge in [-0.3, -0.25) is 0 Å². The fraction of sp³-hybridized carbons (Fsp3) is 0.786. The minimum Gasteiger partial charge on any atom is -1.00 e. The molecule has 1 aromatic rings. The Hall–Kier alpha value is -0.540. The van der Waals surface area contributed by atoms with E-state index in [1.807, 2.05) is 0 Å². The number of hydrogen-bond donors (Lipinski definition) is 1. The summed E-state index contributed by atoms with van der Waals surface area (Å²) in [5.74, 6) is 1.22. The smallest absolute Gasteiger partial charge is 0.122 e. The number of halogens is 1. The number of hydrogen-bond acceptors (Lipinski definition) is 1. The minimum atomic E-state index is 0. The van der Waals surface area contributed by atoms with Crippen molar-refractivity contribution < 1.29 is 26.6 Å². The first-order valence-electron chi connectivity index (χ1n) is 12.9. The maximum atomic E-state index is 10.7. The highest BCUT2D eigenvalue weighted by Gasteiger charge is 2.22. The highest BCUT2D eigenvalue weighted by Crippen LogP contribution is 2.35. The van der Waals surface area contributed by atoms with Crippen LogP contribution in [0.25, 0.3) is 0 Å². The molecule has 2 nitrogen and oxygen atoms in total. The van der Waals surface area contributed by atoms with Crippen molar-refractivity contribution in [2.45, 2.75) is 124 Å². The van der Waals surface area contributed by atoms with Crippen LogP contribution in [0.4, 0.5) is 0 Å². The Morgan fingerprint density at radius 1 is 0.742 bits per heavy atom. The first-order valence-corrected chi connectivity index (χ1v) is 12.9. The third-order valence-electron chi connectivity index (χ3n) is 6.85. The first-order chi connectivity index (χ1) is 14.2. The zero-order chi connectivity index (χ0) is 22.6. The Morgan fingerprint density at radius 2 is 1.16 bits per heavy atom. The lowest BCUT2D eigenvalue weighted by atomic mass is 9.91. The summed E-state index contributed by atoms with van der Waals surface area (Å²) in [6.07, 6.45) is 14.0. The summed E-state index contributed by atoms with van der Waals surface area (Å²) in [4.78, 5) is 0. The molecule has 0 aliphatic heterocycles. The van der Waals surface area contributed by atoms with E-state index >= 15 is 0 Å². The SMILES string of the molecule is CCCCCCCCCCCC[N+](C)(CC)Cc1cc(C(C)C)c(O)c(C(C)C)c1.[Br-]. The van der Waals surface area contributed by atoms with E-state index in [-0.39, 0.29) is 17.0 Å². The quantitative estimate of drug-likeness (QED) is 0.235. The van der Waals surface area contributed by atoms with Crippen molar-refractivity contribution in [3.63, 3.8) is 0 Å². The molecule has 1 aromatic carbocycles. The Labute approximate surface area is 205 Å². The maximum absolute atomic E-state index is 10.7. The van der Waals surface area contributed by atoms with Gasteiger partial charge in [-0.2, -0.15) is 0 Å². The van der Waals surface area contributed by atoms with Gasteiger partial charge < -0.3 is 26.6 Å². The molecular weight excluding hydrogens is 446 g/mol. The van der Waals surface area contributed by atoms with Crippen LogP contribution in [0, 0.1) is 0 Å². The molecule has 1 N–H and O–H groups in total. The average Bonchev–Trinajstić information content (AvgIpc) is 2.70. The molecule has 0 bridgehead atoms. The van der Waals surface area contributed by atoms with Gasteiger partial charge in [-0.25, -0.2) is 0 Å². The fourth-order valence-electron chi connectivity index (χ4n) is 4.49. The van der Waals surface area contributed by atoms with Crippen molar-refractivity contribution in [1.29, 1.82) is 0 Å². The zero-order valence-electron chi connectivity index (χ0n) is 21.8. The topological polar surface area (TPSA) is 20.2 Å². The van der Waals surface area contributed by atoms with E-state index in [1.165, 1.54) is 76.3 Å². The van der Waals surface area contributed by atoms with Gasteiger partial charge in [0.2, 0.25) is 0 Å². The van der Waals surface area contributed by atoms with Gasteiger partial charge in [0.25, 0.3) is 0 Å². The molecule has 0 fully saturated rings. The van der Waals surface area contributed by atoms with Crippen LogP contribution >= 0.6 is 0 Å². The summed E-state index contributed by atoms with van der Waals surface area (Å²) in [5.41, 5.74) is 3.60. The van der Waals surface area contributed by atoms with Gasteiger partial charge in [0.15, 0.2) is 0 Å². The van der Waals surface area contributed by atoms with E-state index in [9.17, 15) is 5.11 Å². The second-order valence-corrected chi connectivity index (χ2v) is 10.4. The molecule has 3 heteroatoms. The first kappa shape index (κ1) is 30.5. The zero-order valence-corrected chi connectivity index (χ0v) is 23.4. The van der Waals surface area contributed by atoms with Gasteiger partial charge in [-0.1, -0.05) is 86.0 Å². The van der Waals surface area contributed by atoms with Gasteiger partial charge in [0.05, 0.1) is 20.1 Å². The monoisotopic (exact) mass is 497 g/mol. The standard InChI is InChI=1S/C28H51NO.BrH/c1-8-10-11-12-13-14-15-16-17-18-19-29(7,9-2)22-25-20-26(23(3)4)28(30)27(21-25)24(5)6;/h20-21,23-24H,8-19,22H2,1-7H3;1H. The van der Waals surface area contributed by atoms with Crippen molar-refractivity contribution in [2.24, 2.45) is 0 Å². The number of nitrogens with zero attached hydrogens (tertiary/aromatic N) is 1. The normalized spacial score (nSPS) is 13.5. The Bertz CT molecular complexity index is 570. The molecule has 0 radical (unpaired) electrons. The molecule has 1 atom stereocenters. The molecule has 0 amide bonds. The van der Waals surface area contributed by atoms with Gasteiger partial charge in [-0.05, 0) is 54.9 Å². The molecule has 0 aliphatic rings. The lowest BCUT2D eigenvalue weighted by molar-refractivity contribution is -0.921. The molecule has 1 rings (SSSR count). The van der Waals surface area contributed by atoms with E-state index in [4.69, 9.17) is 0 Å². The summed E-state index contributed by atoms with van der Waals surface area (Å²) < 4.78 is 1.09. The number of phenolic OH excluding ortho intramolecular Hbond substituents is 1. The lowest BCUT2D eigenvalue weighted by Gasteiger charge is -2.34. The van der Waals surface area contributed by atoms with E-state index in [0.717, 1.165) is 28.7 Å². The van der Waals surface area contributed by atoms with E-state index in [0.29, 0.717) is 17.6 Å². The number of phenols is 1. The number of aromatic hydroxyl groups is 1. The summed E-state index contributed by atoms with van der Waals surface area (Å²) in [6, 6.07) is 4.52. The average molecular weight is 499 g/mol. The van der Waals surface area contributed by atoms with Crippen molar-refractivity contribution >= 4 is 0 Å². The van der Waals surface area contributed by atoms with Crippen molar-refractivity contribution in [3.8, 4) is 5.75 Å². The molecule has 31 heavy (non-hydrogen) atoms. The molecule has 0 heterocycles. The van der Waals surface area contributed by atoms with Crippen LogP contribution in [0.3, 0.4) is 0 Å². The second kappa shape index (κ2) is 16.1. The van der Waals surface area contributed by atoms with Crippen LogP contribution in [-0.4, -0.2) is 29.7 Å². The van der Waals surface area contributed by atoms with Gasteiger partial charge >= 0.3 is 0 Å². The fourth-order valence-corrected chi connectivity index (χ4v) is 4.49. The Balaban J connectivity index is 0.00000900. The summed E-state index contributed by atoms with van der Waals surface area (Å²) in [7, 11) is 2.41. The van der Waals surface area contributed by atoms with Crippen LogP contribution in [0.5, 0.6) is 5.75 Å². The molecular formula is C28H52BrNO. The highest BCUT2D eigenvalue weighted by molar-refractivity contribution is 5.46. The molecule has 0 saturated carbocycles. The van der Waals surface area contributed by atoms with Crippen molar-refractivity contribution in [2.75, 3.05) is 20.1 Å². The predicted molar refractivity (Wildman–Crippen MR) is 133 cm³/mol. The van der Waals surface area contributed by atoms with Crippen LogP contribution in [0.15, 0.2) is 12.1 Å². The number of rotatable bonds is 16. The summed E-state index contributed by atoms with van der Waals surface area (Å²) in [5, 5.41) is 10.7. The number of unbranched alkanes of at least 4 members (excludes halogenated alkanes) is 9. The van der Waals surface area contributed by atoms with E-state index in [1.54, 1.807) is 0 Å². The van der Waals surface area contributed by atoms with Crippen molar-refractivity contribution in [3.05, 3.63) is 28.8 Å². The van der Waals surface area contributed by atoms with Gasteiger partial charge in [0, 0.05) is 5.56 Å². The molecule has 1 unspecified atom stereocenters. The van der Waals surface area contributed by atoms with Crippen LogP contribution in [0.2, 0.25) is 0 Å². The summed E-state index contributed by atoms with van der Waals surface area (Å²) >= 11 is 0. The third-order valence-corrected chi connectivity index (χ3v) is 6.85. The molecule has 0 saturated heterocycles. The lowest BCUT2D eigenvalue weighted by Crippen LogP contribution is -3.00. The molecule has 0 aromatic heterocycles. The Kier molecular flexibility index (Phi) is 15.9. The predicted octanol–water partition coefficient (Wildman–Crippen LogP) is 5.53. The van der Waals surface area contributed by atoms with Crippen molar-refractivity contribution in [1.82, 2.24) is 0 Å². The molecule has 0 spiro atoms. The number of benzene rings is 1. The number of quaternary nitrogens is 1. The maximum Gasteiger partial charge on any atom is 0.122 e. The second-order valence-electron chi connectivity index (χ2n) is 10.4. The van der Waals surface area contributed by atoms with E-state index in [2.05, 4.69) is 60.7 Å². The largest absolute Gasteiger partial charge is 1.00 e. The minimum absolute atomic E-state index is 0. The Morgan fingerprint density at radius 3 is 1.55 bits per heavy atom. The van der Waals surface area contributed by atoms with Gasteiger partial charge in [0.1, 0.15) is 12.3 Å².